The van der Waals surface area contributed by atoms with Gasteiger partial charge in [-0.15, -0.1) is 0 Å². The van der Waals surface area contributed by atoms with E-state index in [0.29, 0.717) is 11.3 Å². The van der Waals surface area contributed by atoms with Crippen LogP contribution in [-0.4, -0.2) is 31.1 Å². The van der Waals surface area contributed by atoms with E-state index in [-0.39, 0.29) is 0 Å². The summed E-state index contributed by atoms with van der Waals surface area (Å²) in [6.07, 6.45) is 15.6. The Kier molecular flexibility index (Phi) is 5.49. The van der Waals surface area contributed by atoms with Crippen LogP contribution >= 0.6 is 0 Å². The van der Waals surface area contributed by atoms with Gasteiger partial charge in [-0.2, -0.15) is 0 Å². The Morgan fingerprint density at radius 1 is 1.12 bits per heavy atom. The number of hydrogen-bond acceptors (Lipinski definition) is 2. The third-order valence-electron chi connectivity index (χ3n) is 6.55. The average molecular weight is 352 g/mol. The van der Waals surface area contributed by atoms with Gasteiger partial charge in [0.25, 0.3) is 0 Å². The first-order chi connectivity index (χ1) is 12.7. The van der Waals surface area contributed by atoms with Gasteiger partial charge < -0.3 is 9.64 Å². The summed E-state index contributed by atoms with van der Waals surface area (Å²) < 4.78 is 6.09. The van der Waals surface area contributed by atoms with Crippen molar-refractivity contribution in [2.45, 2.75) is 57.3 Å². The molecule has 0 aromatic heterocycles. The predicted octanol–water partition coefficient (Wildman–Crippen LogP) is 5.38. The summed E-state index contributed by atoms with van der Waals surface area (Å²) in [5.74, 6) is 1.76. The van der Waals surface area contributed by atoms with E-state index in [1.807, 2.05) is 0 Å². The monoisotopic (exact) mass is 351 g/mol. The SMILES string of the molecule is Cc1ccc(C2(CN3CCCC(COC4=CCCC=C4)C3)CCC2)cc1. The van der Waals surface area contributed by atoms with Crippen molar-refractivity contribution in [1.29, 1.82) is 0 Å². The normalized spacial score (nSPS) is 25.4. The minimum Gasteiger partial charge on any atom is -0.494 e. The second-order valence-corrected chi connectivity index (χ2v) is 8.64. The van der Waals surface area contributed by atoms with Gasteiger partial charge in [-0.25, -0.2) is 0 Å². The summed E-state index contributed by atoms with van der Waals surface area (Å²) in [5, 5.41) is 0. The van der Waals surface area contributed by atoms with Crippen LogP contribution in [0.2, 0.25) is 0 Å². The summed E-state index contributed by atoms with van der Waals surface area (Å²) in [7, 11) is 0. The minimum atomic E-state index is 0.408. The van der Waals surface area contributed by atoms with Crippen molar-refractivity contribution in [3.8, 4) is 0 Å². The fourth-order valence-corrected chi connectivity index (χ4v) is 4.82. The first-order valence-electron chi connectivity index (χ1n) is 10.5. The van der Waals surface area contributed by atoms with Crippen LogP contribution in [-0.2, 0) is 10.2 Å². The third-order valence-corrected chi connectivity index (χ3v) is 6.55. The van der Waals surface area contributed by atoms with Crippen molar-refractivity contribution in [2.24, 2.45) is 5.92 Å². The molecule has 0 amide bonds. The zero-order chi connectivity index (χ0) is 17.8. The number of benzene rings is 1. The topological polar surface area (TPSA) is 12.5 Å². The number of nitrogens with zero attached hydrogens (tertiary/aromatic N) is 1. The number of piperidine rings is 1. The van der Waals surface area contributed by atoms with Gasteiger partial charge in [-0.1, -0.05) is 42.3 Å². The van der Waals surface area contributed by atoms with Crippen molar-refractivity contribution < 1.29 is 4.74 Å². The average Bonchev–Trinajstić information content (AvgIpc) is 2.65. The van der Waals surface area contributed by atoms with E-state index in [1.54, 1.807) is 5.56 Å². The van der Waals surface area contributed by atoms with E-state index in [9.17, 15) is 0 Å². The smallest absolute Gasteiger partial charge is 0.115 e. The molecule has 2 fully saturated rings. The lowest BCUT2D eigenvalue weighted by Crippen LogP contribution is -2.49. The van der Waals surface area contributed by atoms with Crippen LogP contribution in [0.4, 0.5) is 0 Å². The molecule has 1 aliphatic heterocycles. The van der Waals surface area contributed by atoms with Gasteiger partial charge >= 0.3 is 0 Å². The lowest BCUT2D eigenvalue weighted by atomic mass is 9.64. The van der Waals surface area contributed by atoms with Gasteiger partial charge in [0.2, 0.25) is 0 Å². The van der Waals surface area contributed by atoms with Crippen molar-refractivity contribution in [3.05, 3.63) is 59.4 Å². The fourth-order valence-electron chi connectivity index (χ4n) is 4.82. The van der Waals surface area contributed by atoms with Crippen LogP contribution in [0.15, 0.2) is 48.3 Å². The molecule has 1 aromatic rings. The number of allylic oxidation sites excluding steroid dienone is 3. The van der Waals surface area contributed by atoms with Crippen molar-refractivity contribution in [2.75, 3.05) is 26.2 Å². The van der Waals surface area contributed by atoms with Crippen LogP contribution in [0.1, 0.15) is 56.1 Å². The molecule has 1 heterocycles. The van der Waals surface area contributed by atoms with Gasteiger partial charge in [0, 0.05) is 24.4 Å². The van der Waals surface area contributed by atoms with Gasteiger partial charge in [0.15, 0.2) is 0 Å². The van der Waals surface area contributed by atoms with E-state index in [2.05, 4.69) is 54.3 Å². The van der Waals surface area contributed by atoms with Crippen LogP contribution < -0.4 is 0 Å². The second kappa shape index (κ2) is 8.00. The van der Waals surface area contributed by atoms with Crippen molar-refractivity contribution in [3.63, 3.8) is 0 Å². The van der Waals surface area contributed by atoms with Crippen LogP contribution in [0.3, 0.4) is 0 Å². The van der Waals surface area contributed by atoms with Crippen molar-refractivity contribution >= 4 is 0 Å². The summed E-state index contributed by atoms with van der Waals surface area (Å²) in [5.41, 5.74) is 3.33. The van der Waals surface area contributed by atoms with Gasteiger partial charge in [-0.05, 0) is 69.7 Å². The number of hydrogen-bond donors (Lipinski definition) is 0. The Morgan fingerprint density at radius 2 is 1.96 bits per heavy atom. The molecule has 1 unspecified atom stereocenters. The Morgan fingerprint density at radius 3 is 2.65 bits per heavy atom. The second-order valence-electron chi connectivity index (χ2n) is 8.64. The molecule has 0 spiro atoms. The fraction of sp³-hybridized carbons (Fsp3) is 0.583. The number of ether oxygens (including phenoxy) is 1. The van der Waals surface area contributed by atoms with Crippen LogP contribution in [0, 0.1) is 12.8 Å². The minimum absolute atomic E-state index is 0.408. The quantitative estimate of drug-likeness (QED) is 0.682. The zero-order valence-electron chi connectivity index (χ0n) is 16.3. The third kappa shape index (κ3) is 4.06. The number of rotatable bonds is 6. The molecule has 1 saturated heterocycles. The van der Waals surface area contributed by atoms with E-state index in [0.717, 1.165) is 25.2 Å². The summed E-state index contributed by atoms with van der Waals surface area (Å²) >= 11 is 0. The largest absolute Gasteiger partial charge is 0.494 e. The Balaban J connectivity index is 1.34. The van der Waals surface area contributed by atoms with Crippen LogP contribution in [0.5, 0.6) is 0 Å². The highest BCUT2D eigenvalue weighted by Crippen LogP contribution is 2.44. The molecule has 2 heteroatoms. The molecule has 0 radical (unpaired) electrons. The highest BCUT2D eigenvalue weighted by molar-refractivity contribution is 5.31. The lowest BCUT2D eigenvalue weighted by Gasteiger charge is -2.47. The molecule has 0 N–H and O–H groups in total. The van der Waals surface area contributed by atoms with Crippen molar-refractivity contribution in [1.82, 2.24) is 4.90 Å². The summed E-state index contributed by atoms with van der Waals surface area (Å²) in [6, 6.07) is 9.32. The Bertz CT molecular complexity index is 653. The molecular weight excluding hydrogens is 318 g/mol. The predicted molar refractivity (Wildman–Crippen MR) is 108 cm³/mol. The lowest BCUT2D eigenvalue weighted by molar-refractivity contribution is 0.0679. The van der Waals surface area contributed by atoms with E-state index >= 15 is 0 Å². The van der Waals surface area contributed by atoms with E-state index in [1.165, 1.54) is 57.3 Å². The molecule has 2 aliphatic carbocycles. The zero-order valence-corrected chi connectivity index (χ0v) is 16.3. The summed E-state index contributed by atoms with van der Waals surface area (Å²) in [4.78, 5) is 2.72. The molecule has 140 valence electrons. The molecule has 0 bridgehead atoms. The molecule has 1 atom stereocenters. The maximum absolute atomic E-state index is 6.09. The first kappa shape index (κ1) is 17.9. The molecule has 26 heavy (non-hydrogen) atoms. The highest BCUT2D eigenvalue weighted by atomic mass is 16.5. The Labute approximate surface area is 158 Å². The maximum atomic E-state index is 6.09. The number of aryl methyl sites for hydroxylation is 1. The van der Waals surface area contributed by atoms with Gasteiger partial charge in [0.05, 0.1) is 6.61 Å². The van der Waals surface area contributed by atoms with E-state index < -0.39 is 0 Å². The van der Waals surface area contributed by atoms with Gasteiger partial charge in [-0.3, -0.25) is 0 Å². The van der Waals surface area contributed by atoms with Gasteiger partial charge in [0.1, 0.15) is 5.76 Å². The molecule has 2 nitrogen and oxygen atoms in total. The molecule has 1 aromatic carbocycles. The standard InChI is InChI=1S/C24H33NO/c1-20-10-12-22(13-11-20)24(14-6-15-24)19-25-16-5-7-21(17-25)18-26-23-8-3-2-4-9-23/h3,8-13,21H,2,4-7,14-19H2,1H3. The number of likely N-dealkylation sites (tertiary alicyclic amines) is 1. The highest BCUT2D eigenvalue weighted by Gasteiger charge is 2.40. The van der Waals surface area contributed by atoms with E-state index in [4.69, 9.17) is 4.74 Å². The Hall–Kier alpha value is -1.54. The molecule has 1 saturated carbocycles. The molecular formula is C24H33NO. The maximum Gasteiger partial charge on any atom is 0.115 e. The first-order valence-corrected chi connectivity index (χ1v) is 10.5. The molecule has 3 aliphatic rings. The van der Waals surface area contributed by atoms with Crippen LogP contribution in [0.25, 0.3) is 0 Å². The molecule has 4 rings (SSSR count). The summed E-state index contributed by atoms with van der Waals surface area (Å²) in [6.45, 7) is 6.75.